The topological polar surface area (TPSA) is 83.7 Å². The molecular weight excluding hydrogens is 333 g/mol. The van der Waals surface area contributed by atoms with Crippen LogP contribution in [0.3, 0.4) is 0 Å². The summed E-state index contributed by atoms with van der Waals surface area (Å²) >= 11 is 5.64. The third kappa shape index (κ3) is 3.40. The highest BCUT2D eigenvalue weighted by molar-refractivity contribution is 7.89. The summed E-state index contributed by atoms with van der Waals surface area (Å²) in [7, 11) is -3.73. The standard InChI is InChI=1S/C13H17ClFN3O3S/c1-9(13(16)19)17-4-6-18(7-5-17)22(20,21)10-2-3-12(15)11(14)8-10/h2-3,8-9H,4-7H2,1H3,(H2,16,19)/t9-/m1/s1. The predicted molar refractivity (Wildman–Crippen MR) is 80.4 cm³/mol. The van der Waals surface area contributed by atoms with Crippen LogP contribution in [-0.2, 0) is 14.8 Å². The predicted octanol–water partition coefficient (Wildman–Crippen LogP) is 0.659. The Kier molecular flexibility index (Phi) is 5.06. The number of nitrogens with two attached hydrogens (primary N) is 1. The lowest BCUT2D eigenvalue weighted by molar-refractivity contribution is -0.123. The molecule has 1 atom stereocenters. The van der Waals surface area contributed by atoms with Crippen LogP contribution >= 0.6 is 11.6 Å². The molecule has 1 aromatic carbocycles. The molecule has 122 valence electrons. The van der Waals surface area contributed by atoms with Gasteiger partial charge >= 0.3 is 0 Å². The van der Waals surface area contributed by atoms with Crippen molar-refractivity contribution >= 4 is 27.5 Å². The Morgan fingerprint density at radius 1 is 1.32 bits per heavy atom. The molecule has 0 aromatic heterocycles. The second-order valence-electron chi connectivity index (χ2n) is 5.09. The maximum Gasteiger partial charge on any atom is 0.243 e. The van der Waals surface area contributed by atoms with Crippen LogP contribution in [0.15, 0.2) is 23.1 Å². The zero-order valence-corrected chi connectivity index (χ0v) is 13.6. The van der Waals surface area contributed by atoms with Crippen LogP contribution in [0.5, 0.6) is 0 Å². The van der Waals surface area contributed by atoms with Crippen LogP contribution < -0.4 is 5.73 Å². The highest BCUT2D eigenvalue weighted by Gasteiger charge is 2.31. The van der Waals surface area contributed by atoms with Gasteiger partial charge in [0.1, 0.15) is 5.82 Å². The quantitative estimate of drug-likeness (QED) is 0.865. The van der Waals surface area contributed by atoms with Gasteiger partial charge < -0.3 is 5.73 Å². The number of amides is 1. The molecule has 0 saturated carbocycles. The summed E-state index contributed by atoms with van der Waals surface area (Å²) in [6.45, 7) is 2.95. The van der Waals surface area contributed by atoms with Crippen molar-refractivity contribution in [2.45, 2.75) is 17.9 Å². The van der Waals surface area contributed by atoms with Crippen molar-refractivity contribution < 1.29 is 17.6 Å². The summed E-state index contributed by atoms with van der Waals surface area (Å²) in [5.41, 5.74) is 5.25. The molecule has 1 amide bonds. The molecule has 1 fully saturated rings. The van der Waals surface area contributed by atoms with Gasteiger partial charge in [0.25, 0.3) is 0 Å². The van der Waals surface area contributed by atoms with Crippen molar-refractivity contribution in [1.82, 2.24) is 9.21 Å². The summed E-state index contributed by atoms with van der Waals surface area (Å²) in [5, 5.41) is -0.234. The molecule has 1 aromatic rings. The molecule has 2 rings (SSSR count). The smallest absolute Gasteiger partial charge is 0.243 e. The molecule has 9 heteroatoms. The van der Waals surface area contributed by atoms with Gasteiger partial charge in [0.2, 0.25) is 15.9 Å². The van der Waals surface area contributed by atoms with E-state index in [1.54, 1.807) is 6.92 Å². The molecule has 2 N–H and O–H groups in total. The molecule has 1 aliphatic rings. The number of carbonyl (C=O) groups excluding carboxylic acids is 1. The number of halogens is 2. The fourth-order valence-corrected chi connectivity index (χ4v) is 3.99. The summed E-state index contributed by atoms with van der Waals surface area (Å²) in [4.78, 5) is 12.9. The highest BCUT2D eigenvalue weighted by atomic mass is 35.5. The van der Waals surface area contributed by atoms with E-state index in [0.717, 1.165) is 12.1 Å². The van der Waals surface area contributed by atoms with Gasteiger partial charge in [-0.2, -0.15) is 4.31 Å². The number of carbonyl (C=O) groups is 1. The number of primary amides is 1. The maximum absolute atomic E-state index is 13.2. The Bertz CT molecular complexity index is 675. The van der Waals surface area contributed by atoms with Crippen molar-refractivity contribution in [3.8, 4) is 0 Å². The SMILES string of the molecule is C[C@H](C(N)=O)N1CCN(S(=O)(=O)c2ccc(F)c(Cl)c2)CC1. The van der Waals surface area contributed by atoms with E-state index >= 15 is 0 Å². The minimum absolute atomic E-state index is 0.0460. The van der Waals surface area contributed by atoms with Gasteiger partial charge in [0.05, 0.1) is 16.0 Å². The average Bonchev–Trinajstić information content (AvgIpc) is 2.49. The van der Waals surface area contributed by atoms with Crippen LogP contribution in [0.4, 0.5) is 4.39 Å². The van der Waals surface area contributed by atoms with Crippen molar-refractivity contribution in [2.24, 2.45) is 5.73 Å². The van der Waals surface area contributed by atoms with E-state index in [0.29, 0.717) is 13.1 Å². The molecule has 1 aliphatic heterocycles. The number of benzene rings is 1. The lowest BCUT2D eigenvalue weighted by atomic mass is 10.2. The van der Waals surface area contributed by atoms with Crippen LogP contribution in [0.25, 0.3) is 0 Å². The summed E-state index contributed by atoms with van der Waals surface area (Å²) in [6, 6.07) is 2.88. The minimum Gasteiger partial charge on any atom is -0.368 e. The normalized spacial score (nSPS) is 19.0. The molecule has 22 heavy (non-hydrogen) atoms. The third-order valence-electron chi connectivity index (χ3n) is 3.76. The average molecular weight is 350 g/mol. The molecule has 0 radical (unpaired) electrons. The molecule has 1 heterocycles. The van der Waals surface area contributed by atoms with E-state index in [1.807, 2.05) is 4.90 Å². The van der Waals surface area contributed by atoms with Crippen molar-refractivity contribution in [3.63, 3.8) is 0 Å². The molecule has 0 unspecified atom stereocenters. The number of hydrogen-bond acceptors (Lipinski definition) is 4. The third-order valence-corrected chi connectivity index (χ3v) is 5.95. The fourth-order valence-electron chi connectivity index (χ4n) is 2.30. The first kappa shape index (κ1) is 17.1. The van der Waals surface area contributed by atoms with Gasteiger partial charge in [-0.3, -0.25) is 9.69 Å². The maximum atomic E-state index is 13.2. The lowest BCUT2D eigenvalue weighted by Crippen LogP contribution is -2.54. The van der Waals surface area contributed by atoms with Gasteiger partial charge in [-0.25, -0.2) is 12.8 Å². The van der Waals surface area contributed by atoms with Gasteiger partial charge in [0.15, 0.2) is 0 Å². The minimum atomic E-state index is -3.73. The van der Waals surface area contributed by atoms with Gasteiger partial charge in [-0.15, -0.1) is 0 Å². The number of nitrogens with zero attached hydrogens (tertiary/aromatic N) is 2. The highest BCUT2D eigenvalue weighted by Crippen LogP contribution is 2.23. The van der Waals surface area contributed by atoms with Gasteiger partial charge in [-0.05, 0) is 25.1 Å². The zero-order valence-electron chi connectivity index (χ0n) is 12.0. The Morgan fingerprint density at radius 2 is 1.91 bits per heavy atom. The van der Waals surface area contributed by atoms with E-state index in [1.165, 1.54) is 10.4 Å². The molecule has 0 aliphatic carbocycles. The fraction of sp³-hybridized carbons (Fsp3) is 0.462. The van der Waals surface area contributed by atoms with Gasteiger partial charge in [0, 0.05) is 26.2 Å². The Labute approximate surface area is 133 Å². The largest absolute Gasteiger partial charge is 0.368 e. The number of hydrogen-bond donors (Lipinski definition) is 1. The van der Waals surface area contributed by atoms with E-state index in [2.05, 4.69) is 0 Å². The molecule has 1 saturated heterocycles. The first-order chi connectivity index (χ1) is 10.2. The summed E-state index contributed by atoms with van der Waals surface area (Å²) in [5.74, 6) is -1.11. The second kappa shape index (κ2) is 6.49. The second-order valence-corrected chi connectivity index (χ2v) is 7.44. The first-order valence-electron chi connectivity index (χ1n) is 6.72. The molecule has 6 nitrogen and oxygen atoms in total. The van der Waals surface area contributed by atoms with E-state index < -0.39 is 27.8 Å². The van der Waals surface area contributed by atoms with Crippen LogP contribution in [0.2, 0.25) is 5.02 Å². The molecule has 0 bridgehead atoms. The van der Waals surface area contributed by atoms with Crippen LogP contribution in [-0.4, -0.2) is 55.8 Å². The number of piperazine rings is 1. The van der Waals surface area contributed by atoms with Crippen molar-refractivity contribution in [1.29, 1.82) is 0 Å². The molecule has 0 spiro atoms. The summed E-state index contributed by atoms with van der Waals surface area (Å²) < 4.78 is 39.4. The van der Waals surface area contributed by atoms with Crippen LogP contribution in [0.1, 0.15) is 6.92 Å². The van der Waals surface area contributed by atoms with Crippen molar-refractivity contribution in [2.75, 3.05) is 26.2 Å². The number of sulfonamides is 1. The Morgan fingerprint density at radius 3 is 2.41 bits per heavy atom. The van der Waals surface area contributed by atoms with Gasteiger partial charge in [-0.1, -0.05) is 11.6 Å². The number of rotatable bonds is 4. The Balaban J connectivity index is 2.12. The van der Waals surface area contributed by atoms with E-state index in [9.17, 15) is 17.6 Å². The van der Waals surface area contributed by atoms with Crippen LogP contribution in [0, 0.1) is 5.82 Å². The zero-order chi connectivity index (χ0) is 16.5. The Hall–Kier alpha value is -1.22. The van der Waals surface area contributed by atoms with Crippen molar-refractivity contribution in [3.05, 3.63) is 29.0 Å². The lowest BCUT2D eigenvalue weighted by Gasteiger charge is -2.36. The monoisotopic (exact) mass is 349 g/mol. The summed E-state index contributed by atoms with van der Waals surface area (Å²) in [6.07, 6.45) is 0. The van der Waals surface area contributed by atoms with E-state index in [4.69, 9.17) is 17.3 Å². The van der Waals surface area contributed by atoms with E-state index in [-0.39, 0.29) is 23.0 Å². The molecular formula is C13H17ClFN3O3S. The first-order valence-corrected chi connectivity index (χ1v) is 8.54.